The van der Waals surface area contributed by atoms with Gasteiger partial charge >= 0.3 is 0 Å². The largest absolute Gasteiger partial charge is 0.495 e. The minimum atomic E-state index is -0.561. The van der Waals surface area contributed by atoms with Gasteiger partial charge in [-0.25, -0.2) is 0 Å². The Morgan fingerprint density at radius 2 is 2.29 bits per heavy atom. The fourth-order valence-corrected chi connectivity index (χ4v) is 3.25. The van der Waals surface area contributed by atoms with Gasteiger partial charge < -0.3 is 14.2 Å². The summed E-state index contributed by atoms with van der Waals surface area (Å²) in [5.41, 5.74) is 1.46. The normalized spacial score (nSPS) is 13.5. The second-order valence-electron chi connectivity index (χ2n) is 5.24. The summed E-state index contributed by atoms with van der Waals surface area (Å²) in [6.07, 6.45) is 3.89. The Bertz CT molecular complexity index is 804. The lowest BCUT2D eigenvalue weighted by Gasteiger charge is -2.26. The number of ether oxygens (including phenoxy) is 1. The minimum Gasteiger partial charge on any atom is -0.495 e. The predicted octanol–water partition coefficient (Wildman–Crippen LogP) is 2.51. The van der Waals surface area contributed by atoms with Crippen LogP contribution in [0.1, 0.15) is 21.6 Å². The van der Waals surface area contributed by atoms with Gasteiger partial charge in [-0.2, -0.15) is 0 Å². The van der Waals surface area contributed by atoms with Crippen molar-refractivity contribution in [2.75, 3.05) is 19.9 Å². The molecule has 1 aromatic carbocycles. The van der Waals surface area contributed by atoms with E-state index in [9.17, 15) is 14.9 Å². The van der Waals surface area contributed by atoms with Gasteiger partial charge in [0.05, 0.1) is 35.2 Å². The number of fused-ring (bicyclic) bond motifs is 1. The summed E-state index contributed by atoms with van der Waals surface area (Å²) in [6, 6.07) is 2.82. The molecule has 0 radical (unpaired) electrons. The number of nitro groups is 1. The van der Waals surface area contributed by atoms with E-state index in [4.69, 9.17) is 9.26 Å². The van der Waals surface area contributed by atoms with Gasteiger partial charge in [-0.3, -0.25) is 14.9 Å². The molecule has 1 aliphatic heterocycles. The average Bonchev–Trinajstić information content (AvgIpc) is 3.07. The lowest BCUT2D eigenvalue weighted by atomic mass is 10.1. The first kappa shape index (κ1) is 16.3. The first-order chi connectivity index (χ1) is 11.5. The van der Waals surface area contributed by atoms with Crippen LogP contribution in [0.25, 0.3) is 0 Å². The zero-order chi connectivity index (χ0) is 17.3. The minimum absolute atomic E-state index is 0.0602. The average molecular weight is 349 g/mol. The van der Waals surface area contributed by atoms with E-state index in [1.165, 1.54) is 37.3 Å². The van der Waals surface area contributed by atoms with Crippen LogP contribution in [-0.2, 0) is 13.0 Å². The smallest absolute Gasteiger partial charge is 0.285 e. The Labute approximate surface area is 141 Å². The van der Waals surface area contributed by atoms with Crippen LogP contribution in [0.15, 0.2) is 27.8 Å². The Hall–Kier alpha value is -2.55. The molecular weight excluding hydrogens is 334 g/mol. The van der Waals surface area contributed by atoms with Gasteiger partial charge in [-0.05, 0) is 12.3 Å². The summed E-state index contributed by atoms with van der Waals surface area (Å²) in [5.74, 6) is -0.00258. The van der Waals surface area contributed by atoms with Crippen molar-refractivity contribution in [3.05, 3.63) is 45.3 Å². The summed E-state index contributed by atoms with van der Waals surface area (Å²) >= 11 is 1.37. The molecule has 9 heteroatoms. The van der Waals surface area contributed by atoms with Crippen molar-refractivity contribution >= 4 is 23.4 Å². The van der Waals surface area contributed by atoms with Gasteiger partial charge in [-0.15, -0.1) is 11.8 Å². The molecule has 0 N–H and O–H groups in total. The van der Waals surface area contributed by atoms with Crippen LogP contribution in [0, 0.1) is 10.1 Å². The molecule has 0 saturated heterocycles. The maximum Gasteiger partial charge on any atom is 0.285 e. The molecule has 126 valence electrons. The number of hydrogen-bond acceptors (Lipinski definition) is 7. The summed E-state index contributed by atoms with van der Waals surface area (Å²) in [4.78, 5) is 25.9. The maximum atomic E-state index is 12.8. The summed E-state index contributed by atoms with van der Waals surface area (Å²) in [7, 11) is 1.44. The molecule has 1 aliphatic rings. The van der Waals surface area contributed by atoms with E-state index < -0.39 is 4.92 Å². The fourth-order valence-electron chi connectivity index (χ4n) is 2.67. The molecule has 8 nitrogen and oxygen atoms in total. The first-order valence-corrected chi connectivity index (χ1v) is 8.39. The number of amides is 1. The number of aromatic nitrogens is 1. The van der Waals surface area contributed by atoms with E-state index in [-0.39, 0.29) is 17.2 Å². The second kappa shape index (κ2) is 6.52. The van der Waals surface area contributed by atoms with Gasteiger partial charge in [-0.1, -0.05) is 5.16 Å². The van der Waals surface area contributed by atoms with Crippen LogP contribution in [0.5, 0.6) is 5.75 Å². The van der Waals surface area contributed by atoms with Crippen LogP contribution in [0.2, 0.25) is 0 Å². The van der Waals surface area contributed by atoms with Gasteiger partial charge in [0.15, 0.2) is 0 Å². The molecule has 24 heavy (non-hydrogen) atoms. The molecule has 0 aliphatic carbocycles. The molecule has 0 atom stereocenters. The highest BCUT2D eigenvalue weighted by atomic mass is 32.2. The summed E-state index contributed by atoms with van der Waals surface area (Å²) < 4.78 is 10.1. The highest BCUT2D eigenvalue weighted by Gasteiger charge is 2.30. The number of hydrogen-bond donors (Lipinski definition) is 0. The zero-order valence-electron chi connectivity index (χ0n) is 13.1. The number of nitrogens with zero attached hydrogens (tertiary/aromatic N) is 3. The summed E-state index contributed by atoms with van der Waals surface area (Å²) in [5, 5.41) is 15.3. The Kier molecular flexibility index (Phi) is 4.43. The number of carbonyl (C=O) groups excluding carboxylic acids is 1. The van der Waals surface area contributed by atoms with Crippen LogP contribution in [0.3, 0.4) is 0 Å². The topological polar surface area (TPSA) is 98.7 Å². The quantitative estimate of drug-likeness (QED) is 0.475. The third-order valence-electron chi connectivity index (χ3n) is 3.92. The van der Waals surface area contributed by atoms with Crippen LogP contribution in [0.4, 0.5) is 5.69 Å². The van der Waals surface area contributed by atoms with Crippen LogP contribution in [-0.4, -0.2) is 40.8 Å². The van der Waals surface area contributed by atoms with Crippen molar-refractivity contribution in [3.63, 3.8) is 0 Å². The van der Waals surface area contributed by atoms with E-state index in [1.54, 1.807) is 4.90 Å². The van der Waals surface area contributed by atoms with Crippen molar-refractivity contribution in [2.45, 2.75) is 17.9 Å². The van der Waals surface area contributed by atoms with Gasteiger partial charge in [0.2, 0.25) is 0 Å². The molecule has 1 aromatic heterocycles. The van der Waals surface area contributed by atoms with Gasteiger partial charge in [0, 0.05) is 18.5 Å². The lowest BCUT2D eigenvalue weighted by molar-refractivity contribution is -0.385. The number of benzene rings is 1. The lowest BCUT2D eigenvalue weighted by Crippen LogP contribution is -2.36. The highest BCUT2D eigenvalue weighted by Crippen LogP contribution is 2.35. The molecule has 1 amide bonds. The van der Waals surface area contributed by atoms with E-state index in [0.717, 1.165) is 11.3 Å². The molecule has 2 aromatic rings. The third kappa shape index (κ3) is 2.82. The van der Waals surface area contributed by atoms with Crippen LogP contribution < -0.4 is 4.74 Å². The molecular formula is C15H15N3O5S. The van der Waals surface area contributed by atoms with E-state index >= 15 is 0 Å². The van der Waals surface area contributed by atoms with Crippen molar-refractivity contribution < 1.29 is 19.0 Å². The highest BCUT2D eigenvalue weighted by molar-refractivity contribution is 7.98. The van der Waals surface area contributed by atoms with Gasteiger partial charge in [0.25, 0.3) is 11.6 Å². The monoisotopic (exact) mass is 349 g/mol. The standard InChI is InChI=1S/C15H15N3O5S/c1-22-13-6-12(18(20)21)10(5-14(13)24-2)15(19)17-4-3-11-9(7-17)8-23-16-11/h5-6,8H,3-4,7H2,1-2H3. The molecule has 3 rings (SSSR count). The summed E-state index contributed by atoms with van der Waals surface area (Å²) in [6.45, 7) is 0.769. The molecule has 0 bridgehead atoms. The second-order valence-corrected chi connectivity index (χ2v) is 6.09. The van der Waals surface area contributed by atoms with Gasteiger partial charge in [0.1, 0.15) is 17.6 Å². The van der Waals surface area contributed by atoms with Crippen molar-refractivity contribution in [2.24, 2.45) is 0 Å². The first-order valence-electron chi connectivity index (χ1n) is 7.17. The SMILES string of the molecule is COc1cc([N+](=O)[O-])c(C(=O)N2CCc3nocc3C2)cc1SC. The van der Waals surface area contributed by atoms with E-state index in [1.807, 2.05) is 6.26 Å². The molecule has 0 spiro atoms. The number of carbonyl (C=O) groups is 1. The van der Waals surface area contributed by atoms with Crippen molar-refractivity contribution in [1.29, 1.82) is 0 Å². The molecule has 0 unspecified atom stereocenters. The number of nitro benzene ring substituents is 1. The Balaban J connectivity index is 1.98. The van der Waals surface area contributed by atoms with E-state index in [0.29, 0.717) is 30.2 Å². The Morgan fingerprint density at radius 3 is 2.96 bits per heavy atom. The van der Waals surface area contributed by atoms with E-state index in [2.05, 4.69) is 5.16 Å². The Morgan fingerprint density at radius 1 is 1.50 bits per heavy atom. The fraction of sp³-hybridized carbons (Fsp3) is 0.333. The maximum absolute atomic E-state index is 12.8. The predicted molar refractivity (Wildman–Crippen MR) is 86.4 cm³/mol. The number of methoxy groups -OCH3 is 1. The zero-order valence-corrected chi connectivity index (χ0v) is 14.0. The molecule has 0 fully saturated rings. The number of rotatable bonds is 4. The van der Waals surface area contributed by atoms with Crippen molar-refractivity contribution in [3.8, 4) is 5.75 Å². The third-order valence-corrected chi connectivity index (χ3v) is 4.68. The molecule has 0 saturated carbocycles. The van der Waals surface area contributed by atoms with Crippen LogP contribution >= 0.6 is 11.8 Å². The van der Waals surface area contributed by atoms with Crippen molar-refractivity contribution in [1.82, 2.24) is 10.1 Å². The number of thioether (sulfide) groups is 1. The molecule has 2 heterocycles.